The molecule has 0 fully saturated rings. The Bertz CT molecular complexity index is 770. The van der Waals surface area contributed by atoms with Gasteiger partial charge in [0.25, 0.3) is 5.91 Å². The summed E-state index contributed by atoms with van der Waals surface area (Å²) < 4.78 is 22.4. The molecular weight excluding hydrogens is 292 g/mol. The summed E-state index contributed by atoms with van der Waals surface area (Å²) >= 11 is 0. The maximum atomic E-state index is 12.3. The van der Waals surface area contributed by atoms with E-state index in [1.807, 2.05) is 0 Å². The zero-order valence-corrected chi connectivity index (χ0v) is 12.0. The standard InChI is InChI=1S/C14H14N2O4S/c1-16(14(18)12-4-2-3-5-13(12)17)10-6-8-11(9-7-10)21(15,19)20/h2-9,17H,1H3,(H2,15,19,20). The van der Waals surface area contributed by atoms with E-state index in [-0.39, 0.29) is 16.2 Å². The monoisotopic (exact) mass is 306 g/mol. The van der Waals surface area contributed by atoms with Gasteiger partial charge < -0.3 is 10.0 Å². The Kier molecular flexibility index (Phi) is 3.97. The fraction of sp³-hybridized carbons (Fsp3) is 0.0714. The smallest absolute Gasteiger partial charge is 0.261 e. The molecule has 0 atom stereocenters. The summed E-state index contributed by atoms with van der Waals surface area (Å²) in [5, 5.41) is 14.7. The summed E-state index contributed by atoms with van der Waals surface area (Å²) in [6.45, 7) is 0. The van der Waals surface area contributed by atoms with Gasteiger partial charge in [0.15, 0.2) is 0 Å². The predicted octanol–water partition coefficient (Wildman–Crippen LogP) is 1.32. The zero-order chi connectivity index (χ0) is 15.6. The van der Waals surface area contributed by atoms with Crippen LogP contribution >= 0.6 is 0 Å². The van der Waals surface area contributed by atoms with Crippen LogP contribution < -0.4 is 10.0 Å². The van der Waals surface area contributed by atoms with Gasteiger partial charge in [-0.15, -0.1) is 0 Å². The van der Waals surface area contributed by atoms with Crippen molar-refractivity contribution in [3.05, 3.63) is 54.1 Å². The van der Waals surface area contributed by atoms with Gasteiger partial charge in [-0.1, -0.05) is 12.1 Å². The lowest BCUT2D eigenvalue weighted by Crippen LogP contribution is -2.26. The third-order valence-corrected chi connectivity index (χ3v) is 3.92. The topological polar surface area (TPSA) is 101 Å². The minimum atomic E-state index is -3.77. The average Bonchev–Trinajstić information content (AvgIpc) is 2.45. The molecule has 0 aliphatic heterocycles. The van der Waals surface area contributed by atoms with Crippen molar-refractivity contribution in [3.8, 4) is 5.75 Å². The summed E-state index contributed by atoms with van der Waals surface area (Å²) in [5.41, 5.74) is 0.645. The van der Waals surface area contributed by atoms with Crippen molar-refractivity contribution >= 4 is 21.6 Å². The summed E-state index contributed by atoms with van der Waals surface area (Å²) in [5.74, 6) is -0.521. The van der Waals surface area contributed by atoms with Crippen LogP contribution in [0.5, 0.6) is 5.75 Å². The lowest BCUT2D eigenvalue weighted by molar-refractivity contribution is 0.0990. The molecule has 21 heavy (non-hydrogen) atoms. The molecule has 0 aromatic heterocycles. The molecule has 2 aromatic rings. The molecule has 2 rings (SSSR count). The molecule has 6 nitrogen and oxygen atoms in total. The van der Waals surface area contributed by atoms with Gasteiger partial charge in [0.2, 0.25) is 10.0 Å². The van der Waals surface area contributed by atoms with Crippen LogP contribution in [0, 0.1) is 0 Å². The first-order valence-electron chi connectivity index (χ1n) is 5.99. The van der Waals surface area contributed by atoms with Gasteiger partial charge in [0, 0.05) is 12.7 Å². The van der Waals surface area contributed by atoms with Gasteiger partial charge in [-0.3, -0.25) is 4.79 Å². The van der Waals surface area contributed by atoms with E-state index in [4.69, 9.17) is 5.14 Å². The number of hydrogen-bond acceptors (Lipinski definition) is 4. The zero-order valence-electron chi connectivity index (χ0n) is 11.2. The quantitative estimate of drug-likeness (QED) is 0.893. The second-order valence-electron chi connectivity index (χ2n) is 4.42. The molecule has 2 aromatic carbocycles. The van der Waals surface area contributed by atoms with Crippen molar-refractivity contribution in [2.45, 2.75) is 4.90 Å². The number of phenolic OH excluding ortho intramolecular Hbond substituents is 1. The number of hydrogen-bond donors (Lipinski definition) is 2. The van der Waals surface area contributed by atoms with Gasteiger partial charge in [-0.2, -0.15) is 0 Å². The van der Waals surface area contributed by atoms with Crippen LogP contribution in [-0.2, 0) is 10.0 Å². The number of primary sulfonamides is 1. The number of amides is 1. The molecule has 1 amide bonds. The Balaban J connectivity index is 2.30. The minimum Gasteiger partial charge on any atom is -0.507 e. The first-order chi connectivity index (χ1) is 9.80. The van der Waals surface area contributed by atoms with Crippen molar-refractivity contribution in [3.63, 3.8) is 0 Å². The highest BCUT2D eigenvalue weighted by molar-refractivity contribution is 7.89. The average molecular weight is 306 g/mol. The lowest BCUT2D eigenvalue weighted by atomic mass is 10.1. The molecule has 110 valence electrons. The first-order valence-corrected chi connectivity index (χ1v) is 7.54. The summed E-state index contributed by atoms with van der Waals surface area (Å²) in [6.07, 6.45) is 0. The Labute approximate surface area is 122 Å². The molecule has 0 saturated carbocycles. The van der Waals surface area contributed by atoms with Crippen molar-refractivity contribution in [1.82, 2.24) is 0 Å². The number of phenols is 1. The van der Waals surface area contributed by atoms with E-state index in [0.717, 1.165) is 0 Å². The normalized spacial score (nSPS) is 11.1. The van der Waals surface area contributed by atoms with E-state index in [0.29, 0.717) is 5.69 Å². The fourth-order valence-corrected chi connectivity index (χ4v) is 2.33. The third-order valence-electron chi connectivity index (χ3n) is 2.99. The molecule has 0 radical (unpaired) electrons. The molecule has 0 heterocycles. The van der Waals surface area contributed by atoms with Crippen LogP contribution in [0.2, 0.25) is 0 Å². The molecule has 3 N–H and O–H groups in total. The van der Waals surface area contributed by atoms with E-state index in [1.165, 1.54) is 48.3 Å². The van der Waals surface area contributed by atoms with Crippen molar-refractivity contribution < 1.29 is 18.3 Å². The number of benzene rings is 2. The van der Waals surface area contributed by atoms with E-state index in [2.05, 4.69) is 0 Å². The summed E-state index contributed by atoms with van der Waals surface area (Å²) in [4.78, 5) is 13.5. The van der Waals surface area contributed by atoms with E-state index in [9.17, 15) is 18.3 Å². The molecule has 0 spiro atoms. The summed E-state index contributed by atoms with van der Waals surface area (Å²) in [7, 11) is -2.24. The SMILES string of the molecule is CN(C(=O)c1ccccc1O)c1ccc(S(N)(=O)=O)cc1. The number of para-hydroxylation sites is 1. The van der Waals surface area contributed by atoms with Crippen LogP contribution in [0.15, 0.2) is 53.4 Å². The number of anilines is 1. The van der Waals surface area contributed by atoms with Crippen LogP contribution in [0.3, 0.4) is 0 Å². The molecule has 0 unspecified atom stereocenters. The highest BCUT2D eigenvalue weighted by Gasteiger charge is 2.17. The number of nitrogens with zero attached hydrogens (tertiary/aromatic N) is 1. The molecule has 0 saturated heterocycles. The lowest BCUT2D eigenvalue weighted by Gasteiger charge is -2.18. The summed E-state index contributed by atoms with van der Waals surface area (Å²) in [6, 6.07) is 11.8. The maximum Gasteiger partial charge on any atom is 0.261 e. The van der Waals surface area contributed by atoms with E-state index >= 15 is 0 Å². The molecule has 0 aliphatic carbocycles. The van der Waals surface area contributed by atoms with E-state index in [1.54, 1.807) is 12.1 Å². The third kappa shape index (κ3) is 3.21. The van der Waals surface area contributed by atoms with Crippen LogP contribution in [0.4, 0.5) is 5.69 Å². The highest BCUT2D eigenvalue weighted by Crippen LogP contribution is 2.22. The fourth-order valence-electron chi connectivity index (χ4n) is 1.81. The van der Waals surface area contributed by atoms with Gasteiger partial charge >= 0.3 is 0 Å². The largest absolute Gasteiger partial charge is 0.507 e. The number of aromatic hydroxyl groups is 1. The van der Waals surface area contributed by atoms with Gasteiger partial charge in [-0.05, 0) is 36.4 Å². The Morgan fingerprint density at radius 2 is 1.67 bits per heavy atom. The Morgan fingerprint density at radius 3 is 2.19 bits per heavy atom. The van der Waals surface area contributed by atoms with Crippen LogP contribution in [0.1, 0.15) is 10.4 Å². The molecule has 0 bridgehead atoms. The minimum absolute atomic E-state index is 0.0327. The van der Waals surface area contributed by atoms with Crippen molar-refractivity contribution in [2.75, 3.05) is 11.9 Å². The second-order valence-corrected chi connectivity index (χ2v) is 5.98. The molecular formula is C14H14N2O4S. The van der Waals surface area contributed by atoms with Gasteiger partial charge in [0.1, 0.15) is 5.75 Å². The van der Waals surface area contributed by atoms with Crippen LogP contribution in [0.25, 0.3) is 0 Å². The Hall–Kier alpha value is -2.38. The first kappa shape index (κ1) is 15.0. The number of nitrogens with two attached hydrogens (primary N) is 1. The number of carbonyl (C=O) groups is 1. The maximum absolute atomic E-state index is 12.3. The van der Waals surface area contributed by atoms with Gasteiger partial charge in [0.05, 0.1) is 10.5 Å². The Morgan fingerprint density at radius 1 is 1.10 bits per heavy atom. The predicted molar refractivity (Wildman–Crippen MR) is 78.7 cm³/mol. The van der Waals surface area contributed by atoms with E-state index < -0.39 is 15.9 Å². The van der Waals surface area contributed by atoms with Crippen molar-refractivity contribution in [1.29, 1.82) is 0 Å². The number of carbonyl (C=O) groups excluding carboxylic acids is 1. The molecule has 0 aliphatic rings. The second kappa shape index (κ2) is 5.55. The number of sulfonamides is 1. The van der Waals surface area contributed by atoms with Crippen LogP contribution in [-0.4, -0.2) is 26.5 Å². The van der Waals surface area contributed by atoms with Gasteiger partial charge in [-0.25, -0.2) is 13.6 Å². The molecule has 7 heteroatoms. The van der Waals surface area contributed by atoms with Crippen molar-refractivity contribution in [2.24, 2.45) is 5.14 Å². The number of rotatable bonds is 3. The highest BCUT2D eigenvalue weighted by atomic mass is 32.2.